The summed E-state index contributed by atoms with van der Waals surface area (Å²) in [5, 5.41) is 9.81. The molecule has 36 heavy (non-hydrogen) atoms. The number of azide groups is 2. The molecule has 0 aromatic heterocycles. The van der Waals surface area contributed by atoms with Crippen LogP contribution in [0.2, 0.25) is 0 Å². The molecule has 0 spiro atoms. The Morgan fingerprint density at radius 2 is 1.39 bits per heavy atom. The van der Waals surface area contributed by atoms with Crippen LogP contribution in [0.15, 0.2) is 84.1 Å². The number of nitrogens with zero attached hydrogens (tertiary/aromatic N) is 7. The molecule has 3 amide bonds. The molecule has 3 N–H and O–H groups in total. The van der Waals surface area contributed by atoms with Gasteiger partial charge >= 0.3 is 5.97 Å². The molecule has 0 aliphatic carbocycles. The zero-order valence-electron chi connectivity index (χ0n) is 18.9. The Morgan fingerprint density at radius 1 is 0.917 bits per heavy atom. The molecule has 0 unspecified atom stereocenters. The lowest BCUT2D eigenvalue weighted by atomic mass is 10.3. The van der Waals surface area contributed by atoms with Gasteiger partial charge in [-0.3, -0.25) is 14.4 Å². The second kappa shape index (κ2) is 15.3. The highest BCUT2D eigenvalue weighted by molar-refractivity contribution is 6.02. The van der Waals surface area contributed by atoms with Crippen molar-refractivity contribution in [3.05, 3.63) is 94.7 Å². The van der Waals surface area contributed by atoms with Gasteiger partial charge in [-0.25, -0.2) is 4.79 Å². The quantitative estimate of drug-likeness (QED) is 0.145. The van der Waals surface area contributed by atoms with Crippen molar-refractivity contribution in [3.63, 3.8) is 0 Å². The first kappa shape index (κ1) is 28.5. The van der Waals surface area contributed by atoms with E-state index in [4.69, 9.17) is 16.8 Å². The molecule has 3 rings (SSSR count). The fourth-order valence-electron chi connectivity index (χ4n) is 2.23. The minimum Gasteiger partial charge on any atom is -0.399 e. The first-order chi connectivity index (χ1) is 17.2. The lowest BCUT2D eigenvalue weighted by Gasteiger charge is -2.09. The van der Waals surface area contributed by atoms with Crippen LogP contribution in [0.5, 0.6) is 0 Å². The number of imide groups is 1. The van der Waals surface area contributed by atoms with E-state index in [2.05, 4.69) is 43.4 Å². The van der Waals surface area contributed by atoms with Crippen molar-refractivity contribution >= 4 is 46.4 Å². The summed E-state index contributed by atoms with van der Waals surface area (Å²) >= 11 is 0. The molecule has 1 aliphatic rings. The van der Waals surface area contributed by atoms with E-state index in [-0.39, 0.29) is 18.7 Å². The molecule has 1 fully saturated rings. The van der Waals surface area contributed by atoms with Crippen LogP contribution in [0.1, 0.15) is 12.8 Å². The van der Waals surface area contributed by atoms with Crippen LogP contribution in [0.3, 0.4) is 0 Å². The second-order valence-corrected chi connectivity index (χ2v) is 6.41. The van der Waals surface area contributed by atoms with Crippen molar-refractivity contribution in [3.8, 4) is 0 Å². The maximum absolute atomic E-state index is 10.9. The van der Waals surface area contributed by atoms with E-state index in [1.165, 1.54) is 6.08 Å². The van der Waals surface area contributed by atoms with Crippen LogP contribution in [0.4, 0.5) is 22.7 Å². The fourth-order valence-corrected chi connectivity index (χ4v) is 2.23. The molecule has 14 nitrogen and oxygen atoms in total. The maximum Gasteiger partial charge on any atom is 0.356 e. The molecule has 2 aromatic rings. The minimum atomic E-state index is -0.807. The summed E-state index contributed by atoms with van der Waals surface area (Å²) in [5.74, 6) is -2.06. The van der Waals surface area contributed by atoms with Gasteiger partial charge in [0.25, 0.3) is 11.8 Å². The largest absolute Gasteiger partial charge is 0.399 e. The Morgan fingerprint density at radius 3 is 1.81 bits per heavy atom. The predicted octanol–water partition coefficient (Wildman–Crippen LogP) is 4.74. The van der Waals surface area contributed by atoms with Gasteiger partial charge in [-0.05, 0) is 41.4 Å². The van der Waals surface area contributed by atoms with E-state index < -0.39 is 17.8 Å². The monoisotopic (exact) mass is 491 g/mol. The van der Waals surface area contributed by atoms with Crippen LogP contribution in [-0.4, -0.2) is 28.8 Å². The number of benzene rings is 2. The van der Waals surface area contributed by atoms with Crippen molar-refractivity contribution < 1.29 is 24.0 Å². The average Bonchev–Trinajstić information content (AvgIpc) is 3.19. The highest BCUT2D eigenvalue weighted by Crippen LogP contribution is 2.16. The van der Waals surface area contributed by atoms with E-state index in [0.29, 0.717) is 27.8 Å². The Balaban J connectivity index is 0.000000274. The zero-order valence-corrected chi connectivity index (χ0v) is 18.9. The van der Waals surface area contributed by atoms with Gasteiger partial charge in [-0.1, -0.05) is 47.7 Å². The number of rotatable bonds is 6. The summed E-state index contributed by atoms with van der Waals surface area (Å²) in [5.41, 5.74) is 23.9. The number of carbonyl (C=O) groups is 4. The fraction of sp³-hybridized carbons (Fsp3) is 0.0909. The average molecular weight is 491 g/mol. The molecule has 0 bridgehead atoms. The lowest BCUT2D eigenvalue weighted by Crippen LogP contribution is -2.31. The normalized spacial score (nSPS) is 11.2. The molecule has 14 heteroatoms. The van der Waals surface area contributed by atoms with Crippen molar-refractivity contribution in [2.24, 2.45) is 10.2 Å². The highest BCUT2D eigenvalue weighted by Gasteiger charge is 2.32. The Kier molecular flexibility index (Phi) is 12.1. The van der Waals surface area contributed by atoms with Crippen molar-refractivity contribution in [1.29, 1.82) is 0 Å². The summed E-state index contributed by atoms with van der Waals surface area (Å²) in [6.45, 7) is 6.45. The topological polar surface area (TPSA) is 216 Å². The van der Waals surface area contributed by atoms with Gasteiger partial charge in [0.05, 0.1) is 0 Å². The van der Waals surface area contributed by atoms with Gasteiger partial charge < -0.3 is 15.9 Å². The first-order valence-electron chi connectivity index (χ1n) is 9.93. The third-order valence-corrected chi connectivity index (χ3v) is 3.89. The van der Waals surface area contributed by atoms with Gasteiger partial charge in [-0.2, -0.15) is 0 Å². The number of hydrogen-bond acceptors (Lipinski definition) is 8. The van der Waals surface area contributed by atoms with Crippen molar-refractivity contribution in [2.45, 2.75) is 12.8 Å². The number of nitrogens with one attached hydrogen (secondary N) is 1. The number of nitrogens with two attached hydrogens (primary N) is 1. The number of anilines is 2. The molecular weight excluding hydrogens is 470 g/mol. The number of hydrogen-bond donors (Lipinski definition) is 2. The van der Waals surface area contributed by atoms with Crippen LogP contribution < -0.4 is 11.1 Å². The number of amides is 3. The van der Waals surface area contributed by atoms with Crippen LogP contribution in [0.25, 0.3) is 20.9 Å². The summed E-state index contributed by atoms with van der Waals surface area (Å²) in [6, 6.07) is 13.2. The van der Waals surface area contributed by atoms with E-state index in [9.17, 15) is 19.2 Å². The van der Waals surface area contributed by atoms with Crippen LogP contribution in [-0.2, 0) is 24.0 Å². The van der Waals surface area contributed by atoms with E-state index in [1.54, 1.807) is 48.5 Å². The predicted molar refractivity (Wildman–Crippen MR) is 131 cm³/mol. The minimum absolute atomic E-state index is 0.100. The van der Waals surface area contributed by atoms with Gasteiger partial charge in [0, 0.05) is 51.5 Å². The van der Waals surface area contributed by atoms with E-state index >= 15 is 0 Å². The smallest absolute Gasteiger partial charge is 0.356 e. The Labute approximate surface area is 204 Å². The highest BCUT2D eigenvalue weighted by atomic mass is 16.7. The zero-order chi connectivity index (χ0) is 26.9. The molecule has 184 valence electrons. The summed E-state index contributed by atoms with van der Waals surface area (Å²) in [7, 11) is 0. The van der Waals surface area contributed by atoms with Gasteiger partial charge in [0.15, 0.2) is 0 Å². The molecule has 1 aliphatic heterocycles. The van der Waals surface area contributed by atoms with E-state index in [0.717, 1.165) is 6.08 Å². The number of carbonyl (C=O) groups excluding carboxylic acids is 4. The van der Waals surface area contributed by atoms with Crippen LogP contribution >= 0.6 is 0 Å². The molecule has 2 aromatic carbocycles. The molecular formula is C22H21N9O5. The summed E-state index contributed by atoms with van der Waals surface area (Å²) < 4.78 is 0. The van der Waals surface area contributed by atoms with Crippen molar-refractivity contribution in [2.75, 3.05) is 11.1 Å². The van der Waals surface area contributed by atoms with Crippen LogP contribution in [0, 0.1) is 0 Å². The summed E-state index contributed by atoms with van der Waals surface area (Å²) in [4.78, 5) is 52.7. The lowest BCUT2D eigenvalue weighted by molar-refractivity contribution is -0.193. The van der Waals surface area contributed by atoms with Gasteiger partial charge in [0.1, 0.15) is 0 Å². The third kappa shape index (κ3) is 10.4. The third-order valence-electron chi connectivity index (χ3n) is 3.89. The number of nitrogen functional groups attached to an aromatic ring is 1. The first-order valence-corrected chi connectivity index (χ1v) is 9.93. The van der Waals surface area contributed by atoms with Gasteiger partial charge in [-0.15, -0.1) is 5.06 Å². The molecule has 0 saturated carbocycles. The van der Waals surface area contributed by atoms with Gasteiger partial charge in [0.2, 0.25) is 5.91 Å². The molecule has 1 saturated heterocycles. The standard InChI is InChI=1S/C9H8N4O.C7H7NO4.C6H6N4/c1-2-9(14)11-7-3-5-8(6-4-7)12-13-10;1-2-7(11)12-8-5(9)3-4-6(8)10;7-5-1-3-6(4-2-5)9-10-8/h2-6H,1H2,(H,11,14);2H,1,3-4H2;1-4H,7H2. The molecule has 0 radical (unpaired) electrons. The SMILES string of the molecule is C=CC(=O)Nc1ccc(N=[N+]=[N-])cc1.C=CC(=O)ON1C(=O)CCC1=O.[N-]=[N+]=Nc1ccc(N)cc1. The Hall–Kier alpha value is -5.58. The molecule has 0 atom stereocenters. The maximum atomic E-state index is 10.9. The van der Waals surface area contributed by atoms with E-state index in [1.807, 2.05) is 0 Å². The molecule has 1 heterocycles. The van der Waals surface area contributed by atoms with Crippen molar-refractivity contribution in [1.82, 2.24) is 5.06 Å². The second-order valence-electron chi connectivity index (χ2n) is 6.41. The summed E-state index contributed by atoms with van der Waals surface area (Å²) in [6.07, 6.45) is 2.27. The Bertz CT molecular complexity index is 1200. The number of hydroxylamine groups is 2.